The van der Waals surface area contributed by atoms with E-state index >= 15 is 0 Å². The second kappa shape index (κ2) is 27.5. The molecule has 0 aliphatic carbocycles. The molecule has 0 heterocycles. The maximum absolute atomic E-state index is 12.9. The third-order valence-corrected chi connectivity index (χ3v) is 7.93. The van der Waals surface area contributed by atoms with E-state index in [0.717, 1.165) is 5.56 Å². The van der Waals surface area contributed by atoms with Crippen LogP contribution in [0.1, 0.15) is 52.0 Å². The van der Waals surface area contributed by atoms with Crippen molar-refractivity contribution in [2.24, 2.45) is 28.9 Å². The highest BCUT2D eigenvalue weighted by Gasteiger charge is 2.20. The Kier molecular flexibility index (Phi) is 23.9. The molecule has 1 rings (SSSR count). The molecule has 1 aromatic rings. The number of primary amides is 1. The summed E-state index contributed by atoms with van der Waals surface area (Å²) in [6.07, 6.45) is 2.26. The fourth-order valence-corrected chi connectivity index (χ4v) is 5.44. The number of nitrogens with two attached hydrogens (primary N) is 4. The summed E-state index contributed by atoms with van der Waals surface area (Å²) in [7, 11) is 0. The van der Waals surface area contributed by atoms with Gasteiger partial charge in [0.2, 0.25) is 5.91 Å². The smallest absolute Gasteiger partial charge is 0.315 e. The summed E-state index contributed by atoms with van der Waals surface area (Å²) in [6, 6.07) is 4.70. The van der Waals surface area contributed by atoms with E-state index in [1.165, 1.54) is 6.92 Å². The first kappa shape index (κ1) is 46.9. The highest BCUT2D eigenvalue weighted by molar-refractivity contribution is 5.77. The van der Waals surface area contributed by atoms with Crippen LogP contribution < -0.4 is 76.1 Å². The van der Waals surface area contributed by atoms with Gasteiger partial charge in [-0.05, 0) is 63.2 Å². The van der Waals surface area contributed by atoms with E-state index in [4.69, 9.17) is 22.9 Å². The quantitative estimate of drug-likeness (QED) is 0.0532. The summed E-state index contributed by atoms with van der Waals surface area (Å²) in [5.74, 6) is -0.0152. The van der Waals surface area contributed by atoms with Crippen molar-refractivity contribution in [2.45, 2.75) is 83.1 Å². The number of benzene rings is 1. The summed E-state index contributed by atoms with van der Waals surface area (Å²) in [5, 5.41) is 27.5. The number of hydrogen-bond donors (Lipinski definition) is 14. The van der Waals surface area contributed by atoms with Crippen molar-refractivity contribution in [3.8, 4) is 0 Å². The number of amides is 11. The molecule has 5 atom stereocenters. The van der Waals surface area contributed by atoms with E-state index in [-0.39, 0.29) is 70.2 Å². The van der Waals surface area contributed by atoms with Gasteiger partial charge in [-0.2, -0.15) is 0 Å². The van der Waals surface area contributed by atoms with Crippen molar-refractivity contribution in [2.75, 3.05) is 52.4 Å². The molecular weight excluding hydrogens is 700 g/mol. The lowest BCUT2D eigenvalue weighted by Gasteiger charge is -2.25. The van der Waals surface area contributed by atoms with Crippen molar-refractivity contribution in [3.05, 3.63) is 35.9 Å². The third-order valence-electron chi connectivity index (χ3n) is 7.93. The highest BCUT2D eigenvalue weighted by Crippen LogP contribution is 2.05. The van der Waals surface area contributed by atoms with Crippen molar-refractivity contribution < 1.29 is 28.8 Å². The van der Waals surface area contributed by atoms with Crippen molar-refractivity contribution in [1.29, 1.82) is 0 Å². The van der Waals surface area contributed by atoms with Gasteiger partial charge < -0.3 is 76.1 Å². The maximum Gasteiger partial charge on any atom is 0.315 e. The van der Waals surface area contributed by atoms with Crippen molar-refractivity contribution in [1.82, 2.24) is 53.2 Å². The molecule has 18 N–H and O–H groups in total. The zero-order valence-corrected chi connectivity index (χ0v) is 31.8. The number of carbonyl (C=O) groups excluding carboxylic acids is 6. The normalized spacial score (nSPS) is 13.5. The SMILES string of the molecule is CC(=O)N[C@H](CNC(=O)N[C@@H](CCN)CNC(=O)N[C@@H](CCN)CNC(=O)N[C@H](CNC(=O)N[C@@H](CCN)CNC(N)=O)CC(C)C)Cc1ccccc1. The molecule has 0 aliphatic heterocycles. The average molecular weight is 765 g/mol. The van der Waals surface area contributed by atoms with Crippen molar-refractivity contribution >= 4 is 36.1 Å². The van der Waals surface area contributed by atoms with Gasteiger partial charge in [-0.3, -0.25) is 4.79 Å². The second-order valence-corrected chi connectivity index (χ2v) is 13.4. The Morgan fingerprint density at radius 3 is 1.28 bits per heavy atom. The van der Waals surface area contributed by atoms with Crippen LogP contribution in [0, 0.1) is 5.92 Å². The summed E-state index contributed by atoms with van der Waals surface area (Å²) in [5.41, 5.74) is 23.3. The molecule has 0 aliphatic rings. The Hall–Kier alpha value is -5.08. The van der Waals surface area contributed by atoms with Gasteiger partial charge in [-0.25, -0.2) is 24.0 Å². The summed E-state index contributed by atoms with van der Waals surface area (Å²) in [4.78, 5) is 73.7. The zero-order valence-electron chi connectivity index (χ0n) is 31.8. The molecule has 0 saturated heterocycles. The van der Waals surface area contributed by atoms with Gasteiger partial charge in [0, 0.05) is 63.8 Å². The Morgan fingerprint density at radius 2 is 0.907 bits per heavy atom. The summed E-state index contributed by atoms with van der Waals surface area (Å²) < 4.78 is 0. The van der Waals surface area contributed by atoms with Gasteiger partial charge in [0.15, 0.2) is 0 Å². The minimum atomic E-state index is -0.716. The minimum absolute atomic E-state index is 0.0672. The average Bonchev–Trinajstić information content (AvgIpc) is 3.10. The zero-order chi connectivity index (χ0) is 40.3. The lowest BCUT2D eigenvalue weighted by molar-refractivity contribution is -0.119. The summed E-state index contributed by atoms with van der Waals surface area (Å²) in [6.45, 7) is 6.73. The fourth-order valence-electron chi connectivity index (χ4n) is 5.44. The van der Waals surface area contributed by atoms with Crippen LogP contribution in [0.15, 0.2) is 30.3 Å². The Balaban J connectivity index is 2.62. The predicted octanol–water partition coefficient (Wildman–Crippen LogP) is -1.83. The maximum atomic E-state index is 12.9. The predicted molar refractivity (Wildman–Crippen MR) is 207 cm³/mol. The molecule has 20 heteroatoms. The molecule has 20 nitrogen and oxygen atoms in total. The first-order valence-electron chi connectivity index (χ1n) is 18.4. The Labute approximate surface area is 317 Å². The number of nitrogens with one attached hydrogen (secondary N) is 10. The Bertz CT molecular complexity index is 1270. The van der Waals surface area contributed by atoms with E-state index < -0.39 is 54.3 Å². The number of hydrogen-bond acceptors (Lipinski definition) is 9. The molecule has 1 aromatic carbocycles. The molecule has 0 bridgehead atoms. The largest absolute Gasteiger partial charge is 0.352 e. The minimum Gasteiger partial charge on any atom is -0.352 e. The molecule has 306 valence electrons. The third kappa shape index (κ3) is 23.5. The van der Waals surface area contributed by atoms with Gasteiger partial charge in [0.1, 0.15) is 0 Å². The molecular formula is C34H64N14O6. The van der Waals surface area contributed by atoms with Gasteiger partial charge in [-0.15, -0.1) is 0 Å². The van der Waals surface area contributed by atoms with E-state index in [1.807, 2.05) is 44.2 Å². The van der Waals surface area contributed by atoms with E-state index in [1.54, 1.807) is 0 Å². The molecule has 0 unspecified atom stereocenters. The van der Waals surface area contributed by atoms with Crippen LogP contribution in [0.4, 0.5) is 24.0 Å². The van der Waals surface area contributed by atoms with Gasteiger partial charge in [0.25, 0.3) is 0 Å². The second-order valence-electron chi connectivity index (χ2n) is 13.4. The summed E-state index contributed by atoms with van der Waals surface area (Å²) >= 11 is 0. The van der Waals surface area contributed by atoms with Crippen LogP contribution in [0.25, 0.3) is 0 Å². The lowest BCUT2D eigenvalue weighted by atomic mass is 10.0. The lowest BCUT2D eigenvalue weighted by Crippen LogP contribution is -2.55. The topological polar surface area (TPSA) is 327 Å². The molecule has 0 aromatic heterocycles. The van der Waals surface area contributed by atoms with Crippen LogP contribution in [0.5, 0.6) is 0 Å². The van der Waals surface area contributed by atoms with Crippen LogP contribution in [-0.2, 0) is 11.2 Å². The molecule has 0 fully saturated rings. The van der Waals surface area contributed by atoms with Crippen LogP contribution >= 0.6 is 0 Å². The van der Waals surface area contributed by atoms with Gasteiger partial charge in [0.05, 0.1) is 6.04 Å². The molecule has 0 spiro atoms. The Morgan fingerprint density at radius 1 is 0.537 bits per heavy atom. The first-order valence-corrected chi connectivity index (χ1v) is 18.4. The van der Waals surface area contributed by atoms with Crippen LogP contribution in [-0.4, -0.2) is 119 Å². The number of urea groups is 5. The van der Waals surface area contributed by atoms with E-state index in [0.29, 0.717) is 32.1 Å². The van der Waals surface area contributed by atoms with Crippen molar-refractivity contribution in [3.63, 3.8) is 0 Å². The van der Waals surface area contributed by atoms with Crippen LogP contribution in [0.2, 0.25) is 0 Å². The molecule has 0 radical (unpaired) electrons. The molecule has 0 saturated carbocycles. The van der Waals surface area contributed by atoms with E-state index in [2.05, 4.69) is 53.2 Å². The first-order chi connectivity index (χ1) is 25.7. The fraction of sp³-hybridized carbons (Fsp3) is 0.647. The molecule has 54 heavy (non-hydrogen) atoms. The van der Waals surface area contributed by atoms with E-state index in [9.17, 15) is 28.8 Å². The monoisotopic (exact) mass is 765 g/mol. The number of carbonyl (C=O) groups is 6. The van der Waals surface area contributed by atoms with Gasteiger partial charge in [-0.1, -0.05) is 44.2 Å². The number of rotatable bonds is 25. The van der Waals surface area contributed by atoms with Gasteiger partial charge >= 0.3 is 30.2 Å². The molecule has 11 amide bonds. The van der Waals surface area contributed by atoms with Crippen LogP contribution in [0.3, 0.4) is 0 Å². The highest BCUT2D eigenvalue weighted by atomic mass is 16.2. The standard InChI is InChI=1S/C34H64N14O6/c1-22(2)15-28(20-42-32(52)45-25(9-12-35)17-39-30(38)50)48-34(54)41-19-27(11-14-37)46-31(51)40-18-26(10-13-36)47-33(53)43-21-29(44-23(3)49)16-24-7-5-4-6-8-24/h4-8,22,25-29H,9-21,35-37H2,1-3H3,(H,44,49)(H3,38,39,50)(H2,40,46,51)(H2,41,48,54)(H2,42,45,52)(H2,43,47,53)/t25-,26-,27-,28-,29-/m0/s1.